The van der Waals surface area contributed by atoms with E-state index in [2.05, 4.69) is 50.1 Å². The predicted molar refractivity (Wildman–Crippen MR) is 190 cm³/mol. The van der Waals surface area contributed by atoms with Crippen molar-refractivity contribution < 1.29 is 9.53 Å². The average molecular weight is 640 g/mol. The molecule has 2 aromatic heterocycles. The van der Waals surface area contributed by atoms with Gasteiger partial charge in [0.05, 0.1) is 11.7 Å². The molecule has 1 aliphatic carbocycles. The van der Waals surface area contributed by atoms with Gasteiger partial charge in [-0.1, -0.05) is 50.0 Å². The summed E-state index contributed by atoms with van der Waals surface area (Å²) in [6.45, 7) is 16.3. The first-order chi connectivity index (χ1) is 21.8. The van der Waals surface area contributed by atoms with Gasteiger partial charge in [0.15, 0.2) is 0 Å². The first kappa shape index (κ1) is 33.6. The van der Waals surface area contributed by atoms with Crippen molar-refractivity contribution in [1.82, 2.24) is 14.3 Å². The molecular weight excluding hydrogens is 591 g/mol. The summed E-state index contributed by atoms with van der Waals surface area (Å²) < 4.78 is 9.62. The van der Waals surface area contributed by atoms with Gasteiger partial charge in [-0.15, -0.1) is 0 Å². The van der Waals surface area contributed by atoms with Crippen LogP contribution < -0.4 is 16.6 Å². The second-order valence-electron chi connectivity index (χ2n) is 14.2. The number of nitrogens with one attached hydrogen (secondary N) is 1. The minimum absolute atomic E-state index is 0.0144. The molecule has 1 amide bonds. The van der Waals surface area contributed by atoms with Gasteiger partial charge in [0.1, 0.15) is 6.73 Å². The second-order valence-corrected chi connectivity index (χ2v) is 19.8. The smallest absolute Gasteiger partial charge is 0.250 e. The van der Waals surface area contributed by atoms with Crippen LogP contribution in [0.3, 0.4) is 0 Å². The van der Waals surface area contributed by atoms with E-state index >= 15 is 0 Å². The van der Waals surface area contributed by atoms with E-state index in [-0.39, 0.29) is 23.4 Å². The van der Waals surface area contributed by atoms with Crippen LogP contribution in [0, 0.1) is 13.8 Å². The van der Waals surface area contributed by atoms with Crippen molar-refractivity contribution >= 4 is 19.7 Å². The van der Waals surface area contributed by atoms with Crippen LogP contribution in [0.4, 0.5) is 5.69 Å². The highest BCUT2D eigenvalue weighted by molar-refractivity contribution is 6.76. The lowest BCUT2D eigenvalue weighted by Gasteiger charge is -2.30. The molecule has 1 aliphatic rings. The molecule has 0 saturated carbocycles. The van der Waals surface area contributed by atoms with Gasteiger partial charge in [-0.3, -0.25) is 9.59 Å². The molecule has 2 atom stereocenters. The molecule has 0 saturated heterocycles. The molecule has 0 unspecified atom stereocenters. The molecule has 244 valence electrons. The third-order valence-corrected chi connectivity index (χ3v) is 10.8. The Morgan fingerprint density at radius 3 is 2.43 bits per heavy atom. The molecule has 5 rings (SSSR count). The Kier molecular flexibility index (Phi) is 10.1. The molecule has 8 nitrogen and oxygen atoms in total. The number of anilines is 1. The van der Waals surface area contributed by atoms with E-state index in [4.69, 9.17) is 15.6 Å². The standard InChI is InChI=1S/C37H49N5O3Si/c1-24(2)41-22-30(15-18-34(41)43)29-12-11-27-9-8-10-32(33(27)21-29)36(38)37(44)39-31-16-13-28(14-17-31)35-25(3)40-42(26(35)4)23-45-19-20-46(5,6)7/h11-18,21-22,24,32,36H,8-10,19-20,23,38H2,1-7H3,(H,39,44)/t32-,36+/m1/s1. The largest absolute Gasteiger partial charge is 0.360 e. The molecule has 2 aromatic carbocycles. The van der Waals surface area contributed by atoms with Crippen molar-refractivity contribution in [3.8, 4) is 22.3 Å². The van der Waals surface area contributed by atoms with Crippen LogP contribution in [0.2, 0.25) is 25.7 Å². The molecule has 0 spiro atoms. The molecule has 4 aromatic rings. The predicted octanol–water partition coefficient (Wildman–Crippen LogP) is 7.27. The summed E-state index contributed by atoms with van der Waals surface area (Å²) in [5.41, 5.74) is 15.9. The highest BCUT2D eigenvalue weighted by Gasteiger charge is 2.30. The number of carbonyl (C=O) groups excluding carboxylic acids is 1. The SMILES string of the molecule is Cc1nn(COCC[Si](C)(C)C)c(C)c1-c1ccc(NC(=O)[C@@H](N)[C@@H]2CCCc3ccc(-c4ccc(=O)n(C(C)C)c4)cc32)cc1. The van der Waals surface area contributed by atoms with Crippen LogP contribution in [0.1, 0.15) is 61.2 Å². The number of benzene rings is 2. The van der Waals surface area contributed by atoms with Gasteiger partial charge in [-0.25, -0.2) is 4.68 Å². The van der Waals surface area contributed by atoms with Crippen LogP contribution in [0.15, 0.2) is 65.6 Å². The van der Waals surface area contributed by atoms with Crippen LogP contribution in [0.5, 0.6) is 0 Å². The zero-order chi connectivity index (χ0) is 33.2. The van der Waals surface area contributed by atoms with Gasteiger partial charge >= 0.3 is 0 Å². The van der Waals surface area contributed by atoms with E-state index in [1.165, 1.54) is 5.56 Å². The number of nitrogens with two attached hydrogens (primary N) is 1. The Morgan fingerprint density at radius 1 is 1.04 bits per heavy atom. The number of hydrogen-bond acceptors (Lipinski definition) is 5. The van der Waals surface area contributed by atoms with E-state index in [0.29, 0.717) is 12.4 Å². The number of aryl methyl sites for hydroxylation is 2. The Labute approximate surface area is 274 Å². The molecular formula is C37H49N5O3Si. The fraction of sp³-hybridized carbons (Fsp3) is 0.432. The van der Waals surface area contributed by atoms with Crippen molar-refractivity contribution in [2.24, 2.45) is 5.73 Å². The lowest BCUT2D eigenvalue weighted by atomic mass is 9.77. The Morgan fingerprint density at radius 2 is 1.74 bits per heavy atom. The first-order valence-corrected chi connectivity index (χ1v) is 20.2. The maximum atomic E-state index is 13.5. The Bertz CT molecular complexity index is 1750. The molecule has 0 aliphatic heterocycles. The number of rotatable bonds is 11. The van der Waals surface area contributed by atoms with Crippen molar-refractivity contribution in [2.75, 3.05) is 11.9 Å². The zero-order valence-corrected chi connectivity index (χ0v) is 29.4. The number of carbonyl (C=O) groups is 1. The molecule has 0 fully saturated rings. The van der Waals surface area contributed by atoms with Crippen LogP contribution in [0.25, 0.3) is 22.3 Å². The van der Waals surface area contributed by atoms with Gasteiger partial charge in [0.2, 0.25) is 5.91 Å². The van der Waals surface area contributed by atoms with Crippen molar-refractivity contribution in [1.29, 1.82) is 0 Å². The summed E-state index contributed by atoms with van der Waals surface area (Å²) >= 11 is 0. The Hall–Kier alpha value is -3.79. The van der Waals surface area contributed by atoms with Crippen molar-refractivity contribution in [3.63, 3.8) is 0 Å². The second kappa shape index (κ2) is 13.9. The van der Waals surface area contributed by atoms with Gasteiger partial charge in [-0.05, 0) is 99.0 Å². The number of nitrogens with zero attached hydrogens (tertiary/aromatic N) is 3. The number of amides is 1. The third-order valence-electron chi connectivity index (χ3n) is 9.10. The van der Waals surface area contributed by atoms with Gasteiger partial charge in [0, 0.05) is 55.8 Å². The van der Waals surface area contributed by atoms with Gasteiger partial charge in [0.25, 0.3) is 5.56 Å². The fourth-order valence-corrected chi connectivity index (χ4v) is 7.12. The summed E-state index contributed by atoms with van der Waals surface area (Å²) in [6.07, 6.45) is 4.72. The van der Waals surface area contributed by atoms with E-state index in [1.54, 1.807) is 10.6 Å². The zero-order valence-electron chi connectivity index (χ0n) is 28.4. The van der Waals surface area contributed by atoms with Gasteiger partial charge in [-0.2, -0.15) is 5.10 Å². The monoisotopic (exact) mass is 639 g/mol. The molecule has 0 bridgehead atoms. The van der Waals surface area contributed by atoms with Crippen LogP contribution in [-0.2, 0) is 22.7 Å². The maximum absolute atomic E-state index is 13.5. The topological polar surface area (TPSA) is 104 Å². The minimum atomic E-state index is -1.14. The van der Waals surface area contributed by atoms with Crippen molar-refractivity contribution in [2.45, 2.75) is 97.4 Å². The normalized spacial score (nSPS) is 15.5. The lowest BCUT2D eigenvalue weighted by Crippen LogP contribution is -2.42. The number of ether oxygens (including phenoxy) is 1. The molecule has 3 N–H and O–H groups in total. The Balaban J connectivity index is 1.28. The fourth-order valence-electron chi connectivity index (χ4n) is 6.36. The average Bonchev–Trinajstić information content (AvgIpc) is 3.30. The molecule has 9 heteroatoms. The quantitative estimate of drug-likeness (QED) is 0.133. The van der Waals surface area contributed by atoms with Crippen LogP contribution in [-0.4, -0.2) is 41.0 Å². The highest BCUT2D eigenvalue weighted by atomic mass is 28.3. The number of hydrogen-bond donors (Lipinski definition) is 2. The number of fused-ring (bicyclic) bond motifs is 1. The summed E-state index contributed by atoms with van der Waals surface area (Å²) in [5, 5.41) is 7.79. The molecule has 0 radical (unpaired) electrons. The van der Waals surface area contributed by atoms with Gasteiger partial charge < -0.3 is 20.4 Å². The summed E-state index contributed by atoms with van der Waals surface area (Å²) in [7, 11) is -1.14. The first-order valence-electron chi connectivity index (χ1n) is 16.5. The molecule has 2 heterocycles. The summed E-state index contributed by atoms with van der Waals surface area (Å²) in [6, 6.07) is 18.3. The van der Waals surface area contributed by atoms with E-state index < -0.39 is 14.1 Å². The van der Waals surface area contributed by atoms with E-state index in [0.717, 1.165) is 71.1 Å². The van der Waals surface area contributed by atoms with Crippen molar-refractivity contribution in [3.05, 3.63) is 93.7 Å². The van der Waals surface area contributed by atoms with Crippen LogP contribution >= 0.6 is 0 Å². The summed E-state index contributed by atoms with van der Waals surface area (Å²) in [4.78, 5) is 25.8. The lowest BCUT2D eigenvalue weighted by molar-refractivity contribution is -0.117. The number of aromatic nitrogens is 3. The maximum Gasteiger partial charge on any atom is 0.250 e. The molecule has 46 heavy (non-hydrogen) atoms. The van der Waals surface area contributed by atoms with E-state index in [1.807, 2.05) is 62.0 Å². The third kappa shape index (κ3) is 7.60. The number of pyridine rings is 1. The minimum Gasteiger partial charge on any atom is -0.360 e. The van der Waals surface area contributed by atoms with E-state index in [9.17, 15) is 9.59 Å². The summed E-state index contributed by atoms with van der Waals surface area (Å²) in [5.74, 6) is -0.289. The highest BCUT2D eigenvalue weighted by Crippen LogP contribution is 2.37.